The number of hydrogen-bond donors (Lipinski definition) is 3. The maximum Gasteiger partial charge on any atom is 0.226 e. The number of aliphatic hydroxyl groups is 2. The summed E-state index contributed by atoms with van der Waals surface area (Å²) in [6.45, 7) is 8.79. The Balaban J connectivity index is 0.000000114. The molecule has 0 radical (unpaired) electrons. The molecule has 5 unspecified atom stereocenters. The molecule has 6 saturated heterocycles. The van der Waals surface area contributed by atoms with Gasteiger partial charge in [-0.2, -0.15) is 0 Å². The summed E-state index contributed by atoms with van der Waals surface area (Å²) in [5, 5.41) is 41.5. The van der Waals surface area contributed by atoms with Gasteiger partial charge in [0.1, 0.15) is 23.9 Å². The van der Waals surface area contributed by atoms with E-state index in [2.05, 4.69) is 169 Å². The third-order valence-electron chi connectivity index (χ3n) is 31.2. The standard InChI is InChI=1S/C28H38N2O2.C22H27NO3.C21H24ClNO.2C21H25NO2/c31-28-25(13-16-30(28)26-7-3-1-4-8-26)20-22-9-10-24-21-27(12-11-23(24)19-22)32-18-17-29-14-5-2-6-15-29;1-26-21-9-4-16-12-15(2-3-17(16)14-21)13-18-10-11-23(22(18)25)19-5-7-20(24)8-6-19;22-20-16(11-10-15-6-4-5-9-19(15)20)14-17-12-13-23(21(17)24)18-7-2-1-3-8-18;23-20-9-7-19(8-10-20)22-12-11-18(21(22)24)14-15-5-6-16-3-1-2-4-17(16)13-15;23-20-9-8-16-12-15(6-7-17(16)14-20)13-18-10-11-22(21(18)24)19-4-2-1-3-5-19/h9-12,19,21,25-26H,1-8,13-18,20H2;2-4,9,12,14,18-20,24H,5-8,10-11,13H2,1H3;4-6,9-11,17-18H,1-3,7-8,12-14H2;1-6,13,18-20,23H,7-12,14H2;6-9,12,14,18-19,23H,1-5,10-11,13H2. The Morgan fingerprint density at radius 1 is 0.308 bits per heavy atom. The van der Waals surface area contributed by atoms with Crippen LogP contribution in [0.25, 0.3) is 53.9 Å². The summed E-state index contributed by atoms with van der Waals surface area (Å²) in [7, 11) is 1.68. The molecule has 10 aromatic rings. The summed E-state index contributed by atoms with van der Waals surface area (Å²) < 4.78 is 11.3. The number of likely N-dealkylation sites (tertiary alicyclic amines) is 6. The van der Waals surface area contributed by atoms with Gasteiger partial charge in [0.25, 0.3) is 0 Å². The van der Waals surface area contributed by atoms with Crippen LogP contribution in [0.1, 0.15) is 227 Å². The number of fused-ring (bicyclic) bond motifs is 5. The smallest absolute Gasteiger partial charge is 0.226 e. The van der Waals surface area contributed by atoms with E-state index < -0.39 is 0 Å². The van der Waals surface area contributed by atoms with Crippen LogP contribution in [-0.2, 0) is 56.1 Å². The predicted octanol–water partition coefficient (Wildman–Crippen LogP) is 22.0. The minimum absolute atomic E-state index is 0.0950. The molecule has 17 heteroatoms. The number of phenols is 1. The van der Waals surface area contributed by atoms with E-state index in [1.54, 1.807) is 19.2 Å². The van der Waals surface area contributed by atoms with Crippen molar-refractivity contribution in [3.63, 3.8) is 0 Å². The molecule has 6 aliphatic heterocycles. The molecule has 11 fully saturated rings. The van der Waals surface area contributed by atoms with E-state index in [1.807, 2.05) is 36.4 Å². The third kappa shape index (κ3) is 23.2. The van der Waals surface area contributed by atoms with E-state index in [-0.39, 0.29) is 41.8 Å². The van der Waals surface area contributed by atoms with Gasteiger partial charge in [0.2, 0.25) is 29.5 Å². The van der Waals surface area contributed by atoms with E-state index in [4.69, 9.17) is 21.1 Å². The molecular weight excluding hydrogens is 1640 g/mol. The summed E-state index contributed by atoms with van der Waals surface area (Å²) in [4.78, 5) is 77.7. The Labute approximate surface area is 775 Å². The molecule has 3 N–H and O–H groups in total. The molecular formula is C113H139ClN6O10. The molecule has 5 atom stereocenters. The molecule has 130 heavy (non-hydrogen) atoms. The van der Waals surface area contributed by atoms with Crippen molar-refractivity contribution >= 4 is 95.0 Å². The van der Waals surface area contributed by atoms with E-state index >= 15 is 0 Å². The van der Waals surface area contributed by atoms with Crippen molar-refractivity contribution in [2.45, 2.75) is 274 Å². The number of nitrogens with zero attached hydrogens (tertiary/aromatic N) is 6. The lowest BCUT2D eigenvalue weighted by Crippen LogP contribution is -2.41. The zero-order chi connectivity index (χ0) is 89.4. The van der Waals surface area contributed by atoms with Crippen molar-refractivity contribution < 1.29 is 48.8 Å². The second kappa shape index (κ2) is 44.3. The first kappa shape index (κ1) is 92.3. The molecule has 5 aliphatic carbocycles. The van der Waals surface area contributed by atoms with Crippen LogP contribution in [0.5, 0.6) is 17.2 Å². The zero-order valence-electron chi connectivity index (χ0n) is 76.9. The molecule has 5 amide bonds. The topological polar surface area (TPSA) is 184 Å². The summed E-state index contributed by atoms with van der Waals surface area (Å²) in [6, 6.07) is 66.9. The Hall–Kier alpha value is -9.58. The number of rotatable bonds is 20. The van der Waals surface area contributed by atoms with Crippen molar-refractivity contribution in [2.75, 3.05) is 66.1 Å². The zero-order valence-corrected chi connectivity index (χ0v) is 77.7. The van der Waals surface area contributed by atoms with Crippen LogP contribution >= 0.6 is 11.6 Å². The highest BCUT2D eigenvalue weighted by Crippen LogP contribution is 2.40. The van der Waals surface area contributed by atoms with Crippen LogP contribution in [-0.4, -0.2) is 183 Å². The lowest BCUT2D eigenvalue weighted by Gasteiger charge is -2.33. The number of phenolic OH excluding ortho intramolecular Hbond substituents is 1. The highest BCUT2D eigenvalue weighted by molar-refractivity contribution is 6.36. The van der Waals surface area contributed by atoms with Crippen LogP contribution in [0, 0.1) is 29.6 Å². The van der Waals surface area contributed by atoms with Crippen LogP contribution in [0.4, 0.5) is 0 Å². The number of aromatic hydroxyl groups is 1. The van der Waals surface area contributed by atoms with E-state index in [9.17, 15) is 39.3 Å². The van der Waals surface area contributed by atoms with Crippen LogP contribution < -0.4 is 9.47 Å². The first-order valence-electron chi connectivity index (χ1n) is 50.2. The van der Waals surface area contributed by atoms with Gasteiger partial charge in [-0.05, 0) is 293 Å². The molecule has 6 heterocycles. The minimum Gasteiger partial charge on any atom is -0.508 e. The number of amides is 5. The fraction of sp³-hybridized carbons (Fsp3) is 0.513. The molecule has 21 rings (SSSR count). The van der Waals surface area contributed by atoms with Gasteiger partial charge in [-0.15, -0.1) is 0 Å². The number of methoxy groups -OCH3 is 1. The Morgan fingerprint density at radius 3 is 1.06 bits per heavy atom. The third-order valence-corrected chi connectivity index (χ3v) is 31.6. The normalized spacial score (nSPS) is 24.4. The fourth-order valence-electron chi connectivity index (χ4n) is 23.6. The van der Waals surface area contributed by atoms with Gasteiger partial charge in [-0.1, -0.05) is 227 Å². The number of aliphatic hydroxyl groups excluding tert-OH is 2. The second-order valence-corrected chi connectivity index (χ2v) is 40.2. The van der Waals surface area contributed by atoms with Gasteiger partial charge in [-0.3, -0.25) is 28.9 Å². The molecule has 5 saturated carbocycles. The summed E-state index contributed by atoms with van der Waals surface area (Å²) in [5.74, 6) is 4.48. The van der Waals surface area contributed by atoms with Crippen molar-refractivity contribution in [3.8, 4) is 17.2 Å². The highest BCUT2D eigenvalue weighted by atomic mass is 35.5. The van der Waals surface area contributed by atoms with Crippen LogP contribution in [0.2, 0.25) is 5.02 Å². The molecule has 11 aliphatic rings. The van der Waals surface area contributed by atoms with Gasteiger partial charge < -0.3 is 49.3 Å². The lowest BCUT2D eigenvalue weighted by atomic mass is 9.92. The first-order chi connectivity index (χ1) is 63.5. The Bertz CT molecular complexity index is 5500. The van der Waals surface area contributed by atoms with Crippen molar-refractivity contribution in [1.29, 1.82) is 0 Å². The minimum atomic E-state index is -0.170. The summed E-state index contributed by atoms with van der Waals surface area (Å²) in [6.07, 6.45) is 38.6. The van der Waals surface area contributed by atoms with E-state index in [1.165, 1.54) is 178 Å². The van der Waals surface area contributed by atoms with Crippen molar-refractivity contribution in [3.05, 3.63) is 221 Å². The van der Waals surface area contributed by atoms with Gasteiger partial charge in [0.05, 0.1) is 24.3 Å². The van der Waals surface area contributed by atoms with Crippen molar-refractivity contribution in [2.24, 2.45) is 29.6 Å². The van der Waals surface area contributed by atoms with Gasteiger partial charge in [0, 0.05) is 104 Å². The van der Waals surface area contributed by atoms with E-state index in [0.29, 0.717) is 65.5 Å². The molecule has 688 valence electrons. The van der Waals surface area contributed by atoms with Crippen LogP contribution in [0.3, 0.4) is 0 Å². The Morgan fingerprint density at radius 2 is 0.631 bits per heavy atom. The number of piperidine rings is 1. The number of hydrogen-bond acceptors (Lipinski definition) is 11. The van der Waals surface area contributed by atoms with Gasteiger partial charge in [0.15, 0.2) is 0 Å². The molecule has 0 spiro atoms. The largest absolute Gasteiger partial charge is 0.508 e. The average molecular weight is 1780 g/mol. The summed E-state index contributed by atoms with van der Waals surface area (Å²) in [5.41, 5.74) is 6.09. The highest BCUT2D eigenvalue weighted by Gasteiger charge is 2.42. The number of carbonyl (C=O) groups is 5. The average Bonchev–Trinajstić information content (AvgIpc) is 1.56. The SMILES string of the molecule is COc1ccc2cc(CC3CCN(C4CCC(O)CC4)C3=O)ccc2c1.O=C1C(Cc2ccc3cc(O)ccc3c2)CCN1C1CCCCC1.O=C1C(Cc2ccc3cc(OCCN4CCCCC4)ccc3c2)CCN1C1CCCCC1.O=C1C(Cc2ccc3ccccc3c2)CCN1C1CCC(O)CC1.O=C1C(Cc2ccc3ccccc3c2Cl)CCN1C1CCCCC1. The Kier molecular flexibility index (Phi) is 31.4. The molecule has 10 aromatic carbocycles. The number of halogens is 1. The molecule has 0 bridgehead atoms. The quantitative estimate of drug-likeness (QED) is 0.0660. The summed E-state index contributed by atoms with van der Waals surface area (Å²) >= 11 is 6.63. The monoisotopic (exact) mass is 1780 g/mol. The first-order valence-corrected chi connectivity index (χ1v) is 50.6. The van der Waals surface area contributed by atoms with Crippen molar-refractivity contribution in [1.82, 2.24) is 29.4 Å². The lowest BCUT2D eigenvalue weighted by molar-refractivity contribution is -0.134. The van der Waals surface area contributed by atoms with Gasteiger partial charge >= 0.3 is 0 Å². The van der Waals surface area contributed by atoms with E-state index in [0.717, 1.165) is 210 Å². The second-order valence-electron chi connectivity index (χ2n) is 39.9. The number of carbonyl (C=O) groups excluding carboxylic acids is 5. The van der Waals surface area contributed by atoms with Gasteiger partial charge in [-0.25, -0.2) is 0 Å². The predicted molar refractivity (Wildman–Crippen MR) is 524 cm³/mol. The van der Waals surface area contributed by atoms with Crippen LogP contribution in [0.15, 0.2) is 188 Å². The fourth-order valence-corrected chi connectivity index (χ4v) is 23.9. The molecule has 16 nitrogen and oxygen atoms in total. The molecule has 0 aromatic heterocycles. The maximum absolute atomic E-state index is 13.0. The maximum atomic E-state index is 13.0. The number of ether oxygens (including phenoxy) is 2. The number of benzene rings is 10.